The minimum atomic E-state index is -3.16. The van der Waals surface area contributed by atoms with E-state index in [1.807, 2.05) is 0 Å². The maximum absolute atomic E-state index is 11.4. The number of sulfonamides is 1. The number of aryl methyl sites for hydroxylation is 1. The molecule has 2 rings (SSSR count). The number of hydrogen-bond acceptors (Lipinski definition) is 4. The summed E-state index contributed by atoms with van der Waals surface area (Å²) >= 11 is 0. The Morgan fingerprint density at radius 2 is 1.93 bits per heavy atom. The minimum absolute atomic E-state index is 0. The van der Waals surface area contributed by atoms with Crippen LogP contribution >= 0.6 is 24.0 Å². The average molecular weight is 524 g/mol. The number of nitrogens with zero attached hydrogens (tertiary/aromatic N) is 1. The molecular weight excluding hydrogens is 491 g/mol. The summed E-state index contributed by atoms with van der Waals surface area (Å²) in [4.78, 5) is 4.21. The normalized spacial score (nSPS) is 20.3. The molecule has 3 N–H and O–H groups in total. The average Bonchev–Trinajstić information content (AvgIpc) is 2.68. The summed E-state index contributed by atoms with van der Waals surface area (Å²) in [5.41, 5.74) is 2.46. The highest BCUT2D eigenvalue weighted by molar-refractivity contribution is 14.0. The number of guanidine groups is 1. The highest BCUT2D eigenvalue weighted by Gasteiger charge is 2.27. The van der Waals surface area contributed by atoms with Gasteiger partial charge in [0.2, 0.25) is 10.0 Å². The van der Waals surface area contributed by atoms with Crippen molar-refractivity contribution in [3.05, 3.63) is 35.4 Å². The Bertz CT molecular complexity index is 710. The quantitative estimate of drug-likeness (QED) is 0.210. The zero-order chi connectivity index (χ0) is 19.7. The topological polar surface area (TPSA) is 91.8 Å². The number of rotatable bonds is 8. The SMILES string of the molecule is CCS(=O)(=O)NCCNC(=NC)NCC1CCCOC1c1ccc(C)cc1.I. The Kier molecular flexibility index (Phi) is 11.3. The molecule has 1 aromatic rings. The molecule has 0 spiro atoms. The lowest BCUT2D eigenvalue weighted by Crippen LogP contribution is -2.44. The van der Waals surface area contributed by atoms with E-state index in [1.165, 1.54) is 11.1 Å². The summed E-state index contributed by atoms with van der Waals surface area (Å²) in [5.74, 6) is 1.11. The van der Waals surface area contributed by atoms with Gasteiger partial charge >= 0.3 is 0 Å². The van der Waals surface area contributed by atoms with Crippen LogP contribution in [0.2, 0.25) is 0 Å². The van der Waals surface area contributed by atoms with E-state index in [4.69, 9.17) is 4.74 Å². The molecule has 0 bridgehead atoms. The maximum Gasteiger partial charge on any atom is 0.211 e. The van der Waals surface area contributed by atoms with Gasteiger partial charge in [-0.15, -0.1) is 24.0 Å². The molecule has 0 amide bonds. The number of hydrogen-bond donors (Lipinski definition) is 3. The van der Waals surface area contributed by atoms with Crippen LogP contribution in [0, 0.1) is 12.8 Å². The van der Waals surface area contributed by atoms with E-state index in [2.05, 4.69) is 51.5 Å². The first-order valence-corrected chi connectivity index (χ1v) is 11.2. The van der Waals surface area contributed by atoms with E-state index >= 15 is 0 Å². The van der Waals surface area contributed by atoms with Gasteiger partial charge in [0.15, 0.2) is 5.96 Å². The van der Waals surface area contributed by atoms with Crippen LogP contribution in [0.1, 0.15) is 37.0 Å². The lowest BCUT2D eigenvalue weighted by molar-refractivity contribution is -0.0265. The Hall–Kier alpha value is -0.910. The van der Waals surface area contributed by atoms with Crippen molar-refractivity contribution in [2.75, 3.05) is 39.0 Å². The van der Waals surface area contributed by atoms with E-state index in [1.54, 1.807) is 14.0 Å². The zero-order valence-electron chi connectivity index (χ0n) is 16.9. The van der Waals surface area contributed by atoms with Gasteiger partial charge in [-0.1, -0.05) is 29.8 Å². The lowest BCUT2D eigenvalue weighted by atomic mass is 9.89. The number of aliphatic imine (C=N–C) groups is 1. The van der Waals surface area contributed by atoms with Crippen molar-refractivity contribution >= 4 is 40.0 Å². The number of nitrogens with one attached hydrogen (secondary N) is 3. The summed E-state index contributed by atoms with van der Waals surface area (Å²) in [5, 5.41) is 6.48. The summed E-state index contributed by atoms with van der Waals surface area (Å²) < 4.78 is 31.5. The van der Waals surface area contributed by atoms with Crippen molar-refractivity contribution in [2.45, 2.75) is 32.8 Å². The monoisotopic (exact) mass is 524 g/mol. The molecule has 1 aromatic carbocycles. The van der Waals surface area contributed by atoms with Gasteiger partial charge in [0.25, 0.3) is 0 Å². The standard InChI is InChI=1S/C19H32N4O3S.HI/c1-4-27(24,25)23-12-11-21-19(20-3)22-14-17-6-5-13-26-18(17)16-9-7-15(2)8-10-16;/h7-10,17-18,23H,4-6,11-14H2,1-3H3,(H2,20,21,22);1H. The second-order valence-electron chi connectivity index (χ2n) is 6.78. The maximum atomic E-state index is 11.4. The van der Waals surface area contributed by atoms with Gasteiger partial charge in [-0.05, 0) is 32.3 Å². The number of ether oxygens (including phenoxy) is 1. The second-order valence-corrected chi connectivity index (χ2v) is 8.88. The Labute approximate surface area is 186 Å². The van der Waals surface area contributed by atoms with Crippen molar-refractivity contribution < 1.29 is 13.2 Å². The highest BCUT2D eigenvalue weighted by atomic mass is 127. The van der Waals surface area contributed by atoms with Gasteiger partial charge in [-0.3, -0.25) is 4.99 Å². The van der Waals surface area contributed by atoms with Crippen LogP contribution in [0.5, 0.6) is 0 Å². The van der Waals surface area contributed by atoms with Crippen LogP contribution in [-0.2, 0) is 14.8 Å². The molecule has 2 unspecified atom stereocenters. The van der Waals surface area contributed by atoms with Crippen LogP contribution < -0.4 is 15.4 Å². The first kappa shape index (κ1) is 25.1. The van der Waals surface area contributed by atoms with Crippen molar-refractivity contribution in [1.82, 2.24) is 15.4 Å². The van der Waals surface area contributed by atoms with Crippen LogP contribution in [-0.4, -0.2) is 53.4 Å². The third-order valence-electron chi connectivity index (χ3n) is 4.73. The number of benzene rings is 1. The fourth-order valence-electron chi connectivity index (χ4n) is 3.11. The van der Waals surface area contributed by atoms with Crippen LogP contribution in [0.25, 0.3) is 0 Å². The van der Waals surface area contributed by atoms with Crippen molar-refractivity contribution in [3.63, 3.8) is 0 Å². The predicted molar refractivity (Wildman–Crippen MR) is 125 cm³/mol. The van der Waals surface area contributed by atoms with E-state index in [9.17, 15) is 8.42 Å². The summed E-state index contributed by atoms with van der Waals surface area (Å²) in [6.07, 6.45) is 2.24. The predicted octanol–water partition coefficient (Wildman–Crippen LogP) is 2.19. The fraction of sp³-hybridized carbons (Fsp3) is 0.632. The molecule has 1 heterocycles. The molecule has 1 aliphatic heterocycles. The van der Waals surface area contributed by atoms with Crippen molar-refractivity contribution in [1.29, 1.82) is 0 Å². The molecule has 1 aliphatic rings. The molecule has 0 saturated carbocycles. The molecule has 0 radical (unpaired) electrons. The molecule has 28 heavy (non-hydrogen) atoms. The van der Waals surface area contributed by atoms with Gasteiger partial charge < -0.3 is 15.4 Å². The second kappa shape index (κ2) is 12.6. The van der Waals surface area contributed by atoms with Crippen LogP contribution in [0.4, 0.5) is 0 Å². The summed E-state index contributed by atoms with van der Waals surface area (Å²) in [6, 6.07) is 8.53. The third kappa shape index (κ3) is 8.22. The van der Waals surface area contributed by atoms with Gasteiger partial charge in [0, 0.05) is 39.2 Å². The molecule has 160 valence electrons. The molecular formula is C19H33IN4O3S. The smallest absolute Gasteiger partial charge is 0.211 e. The molecule has 1 saturated heterocycles. The van der Waals surface area contributed by atoms with Gasteiger partial charge in [-0.25, -0.2) is 13.1 Å². The molecule has 9 heteroatoms. The molecule has 1 fully saturated rings. The first-order chi connectivity index (χ1) is 12.9. The van der Waals surface area contributed by atoms with Crippen LogP contribution in [0.15, 0.2) is 29.3 Å². The molecule has 0 aliphatic carbocycles. The lowest BCUT2D eigenvalue weighted by Gasteiger charge is -2.32. The van der Waals surface area contributed by atoms with E-state index in [0.29, 0.717) is 25.0 Å². The zero-order valence-corrected chi connectivity index (χ0v) is 20.0. The van der Waals surface area contributed by atoms with Gasteiger partial charge in [-0.2, -0.15) is 0 Å². The minimum Gasteiger partial charge on any atom is -0.373 e. The van der Waals surface area contributed by atoms with Crippen molar-refractivity contribution in [2.24, 2.45) is 10.9 Å². The fourth-order valence-corrected chi connectivity index (χ4v) is 3.73. The Morgan fingerprint density at radius 3 is 2.57 bits per heavy atom. The molecule has 7 nitrogen and oxygen atoms in total. The van der Waals surface area contributed by atoms with Crippen molar-refractivity contribution in [3.8, 4) is 0 Å². The van der Waals surface area contributed by atoms with E-state index < -0.39 is 10.0 Å². The summed E-state index contributed by atoms with van der Waals surface area (Å²) in [7, 11) is -1.45. The first-order valence-electron chi connectivity index (χ1n) is 9.55. The molecule has 0 aromatic heterocycles. The molecule has 2 atom stereocenters. The largest absolute Gasteiger partial charge is 0.373 e. The van der Waals surface area contributed by atoms with E-state index in [0.717, 1.165) is 26.0 Å². The van der Waals surface area contributed by atoms with Gasteiger partial charge in [0.05, 0.1) is 11.9 Å². The van der Waals surface area contributed by atoms with Crippen LogP contribution in [0.3, 0.4) is 0 Å². The summed E-state index contributed by atoms with van der Waals surface area (Å²) in [6.45, 7) is 6.04. The Morgan fingerprint density at radius 1 is 1.21 bits per heavy atom. The number of halogens is 1. The van der Waals surface area contributed by atoms with Gasteiger partial charge in [0.1, 0.15) is 0 Å². The highest BCUT2D eigenvalue weighted by Crippen LogP contribution is 2.33. The Balaban J connectivity index is 0.00000392. The van der Waals surface area contributed by atoms with E-state index in [-0.39, 0.29) is 35.8 Å². The third-order valence-corrected chi connectivity index (χ3v) is 6.13.